The number of benzene rings is 1. The van der Waals surface area contributed by atoms with Gasteiger partial charge in [0.2, 0.25) is 5.95 Å². The van der Waals surface area contributed by atoms with Crippen LogP contribution >= 0.6 is 23.2 Å². The minimum absolute atomic E-state index is 0.584. The zero-order valence-electron chi connectivity index (χ0n) is 13.0. The number of unbranched alkanes of at least 4 members (excludes halogenated alkanes) is 1. The first-order valence-electron chi connectivity index (χ1n) is 7.28. The zero-order chi connectivity index (χ0) is 16.1. The molecule has 0 spiro atoms. The molecule has 0 saturated carbocycles. The van der Waals surface area contributed by atoms with E-state index in [4.69, 9.17) is 23.2 Å². The number of nitrogens with one attached hydrogen (secondary N) is 1. The Morgan fingerprint density at radius 1 is 1.09 bits per heavy atom. The Labute approximate surface area is 141 Å². The maximum absolute atomic E-state index is 6.02. The van der Waals surface area contributed by atoms with Crippen LogP contribution in [0.15, 0.2) is 24.3 Å². The van der Waals surface area contributed by atoms with Crippen molar-refractivity contribution in [2.24, 2.45) is 0 Å². The summed E-state index contributed by atoms with van der Waals surface area (Å²) < 4.78 is 0. The average Bonchev–Trinajstić information content (AvgIpc) is 2.42. The Kier molecular flexibility index (Phi) is 5.86. The van der Waals surface area contributed by atoms with E-state index < -0.39 is 0 Å². The molecule has 0 fully saturated rings. The van der Waals surface area contributed by atoms with Crippen molar-refractivity contribution >= 4 is 40.7 Å². The van der Waals surface area contributed by atoms with E-state index in [-0.39, 0.29) is 0 Å². The van der Waals surface area contributed by atoms with Gasteiger partial charge in [-0.2, -0.15) is 4.98 Å². The molecule has 0 aliphatic rings. The molecule has 1 heterocycles. The minimum atomic E-state index is 0.584. The molecule has 0 aliphatic heterocycles. The molecule has 0 saturated heterocycles. The number of hydrogen-bond donors (Lipinski definition) is 1. The highest BCUT2D eigenvalue weighted by atomic mass is 35.5. The van der Waals surface area contributed by atoms with Crippen LogP contribution in [0.5, 0.6) is 0 Å². The number of halogens is 2. The summed E-state index contributed by atoms with van der Waals surface area (Å²) in [5, 5.41) is 4.40. The predicted molar refractivity (Wildman–Crippen MR) is 94.7 cm³/mol. The predicted octanol–water partition coefficient (Wildman–Crippen LogP) is 5.07. The van der Waals surface area contributed by atoms with E-state index in [1.165, 1.54) is 0 Å². The van der Waals surface area contributed by atoms with Crippen LogP contribution in [0.2, 0.25) is 10.0 Å². The van der Waals surface area contributed by atoms with Crippen LogP contribution < -0.4 is 10.2 Å². The van der Waals surface area contributed by atoms with Crippen LogP contribution in [0.1, 0.15) is 25.5 Å². The van der Waals surface area contributed by atoms with E-state index in [0.717, 1.165) is 36.6 Å². The van der Waals surface area contributed by atoms with Gasteiger partial charge in [-0.25, -0.2) is 4.98 Å². The highest BCUT2D eigenvalue weighted by Gasteiger charge is 2.08. The monoisotopic (exact) mass is 338 g/mol. The first kappa shape index (κ1) is 16.8. The fraction of sp³-hybridized carbons (Fsp3) is 0.375. The summed E-state index contributed by atoms with van der Waals surface area (Å²) in [5.74, 6) is 1.44. The standard InChI is InChI=1S/C16H20Cl2N4/c1-4-5-6-22(3)16-19-11(2)7-15(21-16)20-14-9-12(17)8-13(18)10-14/h7-10H,4-6H2,1-3H3,(H,19,20,21). The molecule has 0 aliphatic carbocycles. The molecule has 0 bridgehead atoms. The number of anilines is 3. The molecule has 22 heavy (non-hydrogen) atoms. The molecule has 1 aromatic carbocycles. The molecule has 1 N–H and O–H groups in total. The van der Waals surface area contributed by atoms with E-state index in [0.29, 0.717) is 16.0 Å². The minimum Gasteiger partial charge on any atom is -0.344 e. The lowest BCUT2D eigenvalue weighted by Gasteiger charge is -2.18. The van der Waals surface area contributed by atoms with Gasteiger partial charge in [0.05, 0.1) is 0 Å². The van der Waals surface area contributed by atoms with Crippen molar-refractivity contribution in [3.05, 3.63) is 40.0 Å². The van der Waals surface area contributed by atoms with Crippen LogP contribution in [0, 0.1) is 6.92 Å². The second-order valence-corrected chi connectivity index (χ2v) is 6.13. The van der Waals surface area contributed by atoms with Gasteiger partial charge in [0.1, 0.15) is 5.82 Å². The van der Waals surface area contributed by atoms with Gasteiger partial charge < -0.3 is 10.2 Å². The molecule has 118 valence electrons. The lowest BCUT2D eigenvalue weighted by molar-refractivity contribution is 0.749. The van der Waals surface area contributed by atoms with Crippen molar-refractivity contribution in [1.29, 1.82) is 0 Å². The Hall–Kier alpha value is -1.52. The largest absolute Gasteiger partial charge is 0.344 e. The molecule has 0 radical (unpaired) electrons. The van der Waals surface area contributed by atoms with Crippen LogP contribution in [0.4, 0.5) is 17.5 Å². The van der Waals surface area contributed by atoms with Gasteiger partial charge in [-0.3, -0.25) is 0 Å². The second kappa shape index (κ2) is 7.65. The SMILES string of the molecule is CCCCN(C)c1nc(C)cc(Nc2cc(Cl)cc(Cl)c2)n1. The summed E-state index contributed by atoms with van der Waals surface area (Å²) in [5.41, 5.74) is 1.71. The highest BCUT2D eigenvalue weighted by molar-refractivity contribution is 6.35. The lowest BCUT2D eigenvalue weighted by Crippen LogP contribution is -2.21. The fourth-order valence-corrected chi connectivity index (χ4v) is 2.58. The summed E-state index contributed by atoms with van der Waals surface area (Å²) in [6.07, 6.45) is 2.25. The van der Waals surface area contributed by atoms with E-state index in [1.54, 1.807) is 6.07 Å². The third kappa shape index (κ3) is 4.75. The number of rotatable bonds is 6. The van der Waals surface area contributed by atoms with Crippen molar-refractivity contribution < 1.29 is 0 Å². The smallest absolute Gasteiger partial charge is 0.227 e. The molecule has 2 rings (SSSR count). The number of aryl methyl sites for hydroxylation is 1. The fourth-order valence-electron chi connectivity index (χ4n) is 2.06. The molecule has 6 heteroatoms. The van der Waals surface area contributed by atoms with Gasteiger partial charge >= 0.3 is 0 Å². The molecule has 0 amide bonds. The van der Waals surface area contributed by atoms with Crippen LogP contribution in [-0.4, -0.2) is 23.6 Å². The van der Waals surface area contributed by atoms with E-state index in [1.807, 2.05) is 32.2 Å². The number of nitrogens with zero attached hydrogens (tertiary/aromatic N) is 3. The number of hydrogen-bond acceptors (Lipinski definition) is 4. The third-order valence-corrected chi connectivity index (χ3v) is 3.60. The maximum Gasteiger partial charge on any atom is 0.227 e. The first-order valence-corrected chi connectivity index (χ1v) is 8.03. The molecular weight excluding hydrogens is 319 g/mol. The van der Waals surface area contributed by atoms with Gasteiger partial charge in [-0.15, -0.1) is 0 Å². The molecule has 2 aromatic rings. The number of aromatic nitrogens is 2. The van der Waals surface area contributed by atoms with Gasteiger partial charge in [0.15, 0.2) is 0 Å². The lowest BCUT2D eigenvalue weighted by atomic mass is 10.3. The topological polar surface area (TPSA) is 41.1 Å². The van der Waals surface area contributed by atoms with Crippen molar-refractivity contribution in [2.75, 3.05) is 23.8 Å². The second-order valence-electron chi connectivity index (χ2n) is 5.25. The zero-order valence-corrected chi connectivity index (χ0v) is 14.5. The first-order chi connectivity index (χ1) is 10.5. The van der Waals surface area contributed by atoms with Gasteiger partial charge in [-0.05, 0) is 31.5 Å². The molecular formula is C16H20Cl2N4. The van der Waals surface area contributed by atoms with Gasteiger partial charge in [0.25, 0.3) is 0 Å². The van der Waals surface area contributed by atoms with Crippen molar-refractivity contribution in [3.63, 3.8) is 0 Å². The molecule has 4 nitrogen and oxygen atoms in total. The summed E-state index contributed by atoms with van der Waals surface area (Å²) in [4.78, 5) is 11.1. The summed E-state index contributed by atoms with van der Waals surface area (Å²) >= 11 is 12.0. The Morgan fingerprint density at radius 3 is 2.41 bits per heavy atom. The van der Waals surface area contributed by atoms with E-state index in [2.05, 4.69) is 27.1 Å². The molecule has 0 atom stereocenters. The molecule has 1 aromatic heterocycles. The van der Waals surface area contributed by atoms with Crippen molar-refractivity contribution in [1.82, 2.24) is 9.97 Å². The highest BCUT2D eigenvalue weighted by Crippen LogP contribution is 2.25. The quantitative estimate of drug-likeness (QED) is 0.798. The summed E-state index contributed by atoms with van der Waals surface area (Å²) in [6, 6.07) is 7.21. The van der Waals surface area contributed by atoms with Gasteiger partial charge in [-0.1, -0.05) is 36.5 Å². The van der Waals surface area contributed by atoms with Crippen LogP contribution in [-0.2, 0) is 0 Å². The summed E-state index contributed by atoms with van der Waals surface area (Å²) in [6.45, 7) is 5.05. The van der Waals surface area contributed by atoms with Crippen molar-refractivity contribution in [2.45, 2.75) is 26.7 Å². The van der Waals surface area contributed by atoms with Crippen LogP contribution in [0.3, 0.4) is 0 Å². The molecule has 0 unspecified atom stereocenters. The Bertz CT molecular complexity index is 626. The van der Waals surface area contributed by atoms with Gasteiger partial charge in [0, 0.05) is 41.1 Å². The van der Waals surface area contributed by atoms with Crippen LogP contribution in [0.25, 0.3) is 0 Å². The Morgan fingerprint density at radius 2 is 1.77 bits per heavy atom. The third-order valence-electron chi connectivity index (χ3n) is 3.17. The average molecular weight is 339 g/mol. The summed E-state index contributed by atoms with van der Waals surface area (Å²) in [7, 11) is 2.00. The maximum atomic E-state index is 6.02. The van der Waals surface area contributed by atoms with E-state index >= 15 is 0 Å². The van der Waals surface area contributed by atoms with E-state index in [9.17, 15) is 0 Å². The Balaban J connectivity index is 2.22. The normalized spacial score (nSPS) is 10.6. The van der Waals surface area contributed by atoms with Crippen molar-refractivity contribution in [3.8, 4) is 0 Å².